The summed E-state index contributed by atoms with van der Waals surface area (Å²) >= 11 is 0. The fourth-order valence-electron chi connectivity index (χ4n) is 2.61. The molecule has 0 aromatic carbocycles. The number of piperidine rings is 1. The first-order valence-electron chi connectivity index (χ1n) is 7.59. The molecule has 20 heavy (non-hydrogen) atoms. The molecule has 2 fully saturated rings. The Morgan fingerprint density at radius 3 is 2.55 bits per heavy atom. The summed E-state index contributed by atoms with van der Waals surface area (Å²) in [5.74, 6) is 0. The summed E-state index contributed by atoms with van der Waals surface area (Å²) < 4.78 is 31.3. The number of hydrogen-bond donors (Lipinski definition) is 1. The van der Waals surface area contributed by atoms with Crippen molar-refractivity contribution in [2.45, 2.75) is 70.1 Å². The van der Waals surface area contributed by atoms with Crippen molar-refractivity contribution in [1.82, 2.24) is 10.2 Å². The van der Waals surface area contributed by atoms with E-state index in [2.05, 4.69) is 5.32 Å². The zero-order chi connectivity index (χ0) is 14.5. The molecule has 0 aromatic rings. The van der Waals surface area contributed by atoms with Gasteiger partial charge in [0, 0.05) is 13.1 Å². The minimum atomic E-state index is -2.52. The SMILES string of the molecule is CCC(NC(=O)N1CCCC(OC2CCC2)C1)C(F)F. The van der Waals surface area contributed by atoms with Crippen LogP contribution < -0.4 is 5.32 Å². The quantitative estimate of drug-likeness (QED) is 0.846. The average Bonchev–Trinajstić information content (AvgIpc) is 2.40. The highest BCUT2D eigenvalue weighted by atomic mass is 19.3. The number of halogens is 2. The molecule has 2 unspecified atom stereocenters. The van der Waals surface area contributed by atoms with Crippen molar-refractivity contribution in [1.29, 1.82) is 0 Å². The number of urea groups is 1. The maximum atomic E-state index is 12.7. The first kappa shape index (κ1) is 15.5. The molecule has 2 aliphatic rings. The van der Waals surface area contributed by atoms with Crippen molar-refractivity contribution < 1.29 is 18.3 Å². The molecule has 1 aliphatic heterocycles. The van der Waals surface area contributed by atoms with Crippen molar-refractivity contribution in [3.8, 4) is 0 Å². The molecule has 116 valence electrons. The van der Waals surface area contributed by atoms with Crippen LogP contribution in [0.25, 0.3) is 0 Å². The Morgan fingerprint density at radius 2 is 2.00 bits per heavy atom. The molecule has 2 amide bonds. The highest BCUT2D eigenvalue weighted by Gasteiger charge is 2.30. The standard InChI is InChI=1S/C14H24F2N2O2/c1-2-12(13(15)16)17-14(19)18-8-4-7-11(9-18)20-10-5-3-6-10/h10-13H,2-9H2,1H3,(H,17,19). The Morgan fingerprint density at radius 1 is 1.30 bits per heavy atom. The Bertz CT molecular complexity index is 324. The number of ether oxygens (including phenoxy) is 1. The van der Waals surface area contributed by atoms with Gasteiger partial charge in [-0.2, -0.15) is 0 Å². The largest absolute Gasteiger partial charge is 0.373 e. The molecule has 0 bridgehead atoms. The molecule has 0 aromatic heterocycles. The van der Waals surface area contributed by atoms with E-state index in [1.807, 2.05) is 0 Å². The fourth-order valence-corrected chi connectivity index (χ4v) is 2.61. The van der Waals surface area contributed by atoms with Crippen LogP contribution in [-0.4, -0.2) is 48.7 Å². The number of nitrogens with zero attached hydrogens (tertiary/aromatic N) is 1. The van der Waals surface area contributed by atoms with Crippen molar-refractivity contribution in [2.75, 3.05) is 13.1 Å². The smallest absolute Gasteiger partial charge is 0.317 e. The zero-order valence-electron chi connectivity index (χ0n) is 12.0. The maximum absolute atomic E-state index is 12.7. The number of nitrogens with one attached hydrogen (secondary N) is 1. The van der Waals surface area contributed by atoms with Crippen molar-refractivity contribution in [2.24, 2.45) is 0 Å². The maximum Gasteiger partial charge on any atom is 0.317 e. The second-order valence-electron chi connectivity index (χ2n) is 5.70. The third-order valence-corrected chi connectivity index (χ3v) is 4.16. The number of carbonyl (C=O) groups is 1. The van der Waals surface area contributed by atoms with Gasteiger partial charge in [0.05, 0.1) is 18.2 Å². The molecule has 6 heteroatoms. The average molecular weight is 290 g/mol. The van der Waals surface area contributed by atoms with Gasteiger partial charge in [-0.25, -0.2) is 13.6 Å². The van der Waals surface area contributed by atoms with Crippen LogP contribution in [-0.2, 0) is 4.74 Å². The Hall–Kier alpha value is -0.910. The van der Waals surface area contributed by atoms with Gasteiger partial charge in [0.15, 0.2) is 0 Å². The molecule has 2 rings (SSSR count). The second-order valence-corrected chi connectivity index (χ2v) is 5.70. The van der Waals surface area contributed by atoms with Crippen LogP contribution in [0.5, 0.6) is 0 Å². The molecule has 1 saturated carbocycles. The summed E-state index contributed by atoms with van der Waals surface area (Å²) in [6.45, 7) is 2.79. The normalized spacial score (nSPS) is 25.4. The van der Waals surface area contributed by atoms with Gasteiger partial charge in [0.25, 0.3) is 6.43 Å². The highest BCUT2D eigenvalue weighted by molar-refractivity contribution is 5.74. The number of likely N-dealkylation sites (tertiary alicyclic amines) is 1. The number of hydrogen-bond acceptors (Lipinski definition) is 2. The second kappa shape index (κ2) is 7.20. The van der Waals surface area contributed by atoms with Crippen LogP contribution in [0, 0.1) is 0 Å². The van der Waals surface area contributed by atoms with E-state index in [0.29, 0.717) is 19.2 Å². The number of alkyl halides is 2. The molecule has 1 aliphatic carbocycles. The summed E-state index contributed by atoms with van der Waals surface area (Å²) in [5.41, 5.74) is 0. The van der Waals surface area contributed by atoms with Gasteiger partial charge < -0.3 is 15.0 Å². The lowest BCUT2D eigenvalue weighted by Gasteiger charge is -2.37. The minimum Gasteiger partial charge on any atom is -0.373 e. The van der Waals surface area contributed by atoms with E-state index in [-0.39, 0.29) is 18.6 Å². The molecule has 0 spiro atoms. The van der Waals surface area contributed by atoms with E-state index < -0.39 is 12.5 Å². The van der Waals surface area contributed by atoms with Crippen molar-refractivity contribution in [3.05, 3.63) is 0 Å². The predicted octanol–water partition coefficient (Wildman–Crippen LogP) is 2.77. The number of amides is 2. The summed E-state index contributed by atoms with van der Waals surface area (Å²) in [4.78, 5) is 13.6. The van der Waals surface area contributed by atoms with E-state index in [9.17, 15) is 13.6 Å². The lowest BCUT2D eigenvalue weighted by Crippen LogP contribution is -2.52. The van der Waals surface area contributed by atoms with E-state index in [4.69, 9.17) is 4.74 Å². The first-order valence-corrected chi connectivity index (χ1v) is 7.59. The number of rotatable bonds is 5. The van der Waals surface area contributed by atoms with Crippen LogP contribution in [0.1, 0.15) is 45.4 Å². The lowest BCUT2D eigenvalue weighted by atomic mass is 9.95. The molecule has 1 N–H and O–H groups in total. The van der Waals surface area contributed by atoms with Crippen LogP contribution in [0.2, 0.25) is 0 Å². The summed E-state index contributed by atoms with van der Waals surface area (Å²) in [7, 11) is 0. The monoisotopic (exact) mass is 290 g/mol. The molecular formula is C14H24F2N2O2. The van der Waals surface area contributed by atoms with Gasteiger partial charge in [-0.1, -0.05) is 6.92 Å². The Balaban J connectivity index is 1.79. The van der Waals surface area contributed by atoms with Gasteiger partial charge in [-0.15, -0.1) is 0 Å². The predicted molar refractivity (Wildman–Crippen MR) is 71.9 cm³/mol. The van der Waals surface area contributed by atoms with E-state index >= 15 is 0 Å². The fraction of sp³-hybridized carbons (Fsp3) is 0.929. The zero-order valence-corrected chi connectivity index (χ0v) is 12.0. The summed E-state index contributed by atoms with van der Waals surface area (Å²) in [6, 6.07) is -1.45. The van der Waals surface area contributed by atoms with Gasteiger partial charge in [-0.05, 0) is 38.5 Å². The van der Waals surface area contributed by atoms with Gasteiger partial charge in [0.1, 0.15) is 0 Å². The number of carbonyl (C=O) groups excluding carboxylic acids is 1. The first-order chi connectivity index (χ1) is 9.60. The molecule has 1 heterocycles. The third-order valence-electron chi connectivity index (χ3n) is 4.16. The van der Waals surface area contributed by atoms with E-state index in [1.54, 1.807) is 11.8 Å². The molecule has 2 atom stereocenters. The Labute approximate surface area is 118 Å². The third kappa shape index (κ3) is 4.04. The van der Waals surface area contributed by atoms with Crippen LogP contribution in [0.15, 0.2) is 0 Å². The van der Waals surface area contributed by atoms with Crippen LogP contribution in [0.4, 0.5) is 13.6 Å². The molecule has 4 nitrogen and oxygen atoms in total. The molecular weight excluding hydrogens is 266 g/mol. The van der Waals surface area contributed by atoms with Crippen molar-refractivity contribution in [3.63, 3.8) is 0 Å². The van der Waals surface area contributed by atoms with Gasteiger partial charge in [-0.3, -0.25) is 0 Å². The van der Waals surface area contributed by atoms with Gasteiger partial charge in [0.2, 0.25) is 0 Å². The Kier molecular flexibility index (Phi) is 5.57. The molecule has 1 saturated heterocycles. The van der Waals surface area contributed by atoms with E-state index in [0.717, 1.165) is 25.7 Å². The van der Waals surface area contributed by atoms with Crippen molar-refractivity contribution >= 4 is 6.03 Å². The summed E-state index contributed by atoms with van der Waals surface area (Å²) in [5, 5.41) is 2.42. The van der Waals surface area contributed by atoms with Crippen LogP contribution in [0.3, 0.4) is 0 Å². The molecule has 0 radical (unpaired) electrons. The van der Waals surface area contributed by atoms with Gasteiger partial charge >= 0.3 is 6.03 Å². The van der Waals surface area contributed by atoms with E-state index in [1.165, 1.54) is 6.42 Å². The lowest BCUT2D eigenvalue weighted by molar-refractivity contribution is -0.0723. The summed E-state index contributed by atoms with van der Waals surface area (Å²) in [6.07, 6.45) is 3.36. The topological polar surface area (TPSA) is 41.6 Å². The highest BCUT2D eigenvalue weighted by Crippen LogP contribution is 2.26. The van der Waals surface area contributed by atoms with Crippen LogP contribution >= 0.6 is 0 Å². The minimum absolute atomic E-state index is 0.0615.